The van der Waals surface area contributed by atoms with E-state index < -0.39 is 46.2 Å². The van der Waals surface area contributed by atoms with Crippen LogP contribution < -0.4 is 4.90 Å². The van der Waals surface area contributed by atoms with Gasteiger partial charge in [-0.2, -0.15) is 0 Å². The van der Waals surface area contributed by atoms with Gasteiger partial charge in [-0.25, -0.2) is 4.39 Å². The molecule has 2 aromatic carbocycles. The molecule has 0 unspecified atom stereocenters. The molecule has 1 saturated heterocycles. The lowest BCUT2D eigenvalue weighted by atomic mass is 9.90. The van der Waals surface area contributed by atoms with Gasteiger partial charge in [-0.3, -0.25) is 34.3 Å². The summed E-state index contributed by atoms with van der Waals surface area (Å²) in [4.78, 5) is 53.0. The fourth-order valence-corrected chi connectivity index (χ4v) is 5.02. The third-order valence-corrected chi connectivity index (χ3v) is 6.68. The van der Waals surface area contributed by atoms with Crippen molar-refractivity contribution in [1.29, 1.82) is 0 Å². The summed E-state index contributed by atoms with van der Waals surface area (Å²) in [6.45, 7) is 1.60. The number of β-lactam (4-membered cyclic amide) rings is 1. The number of aryl methyl sites for hydroxylation is 1. The molecular weight excluding hydrogens is 437 g/mol. The highest BCUT2D eigenvalue weighted by atomic mass is 32.1. The summed E-state index contributed by atoms with van der Waals surface area (Å²) in [6.07, 6.45) is 0. The SMILES string of the molecule is Cc1ccc(N2C(=O)[C@H](N3C(=O)c4cccc([N+](=O)[O-])c4C3=O)[C@@H]2c2cccs2)cc1F. The van der Waals surface area contributed by atoms with Crippen LogP contribution in [0.25, 0.3) is 0 Å². The second-order valence-electron chi connectivity index (χ2n) is 7.48. The highest BCUT2D eigenvalue weighted by Gasteiger charge is 2.58. The van der Waals surface area contributed by atoms with Gasteiger partial charge in [0, 0.05) is 16.6 Å². The summed E-state index contributed by atoms with van der Waals surface area (Å²) in [6, 6.07) is 9.78. The van der Waals surface area contributed by atoms with Gasteiger partial charge in [-0.15, -0.1) is 11.3 Å². The molecule has 1 aromatic heterocycles. The summed E-state index contributed by atoms with van der Waals surface area (Å²) < 4.78 is 14.2. The Morgan fingerprint density at radius 3 is 2.44 bits per heavy atom. The molecule has 32 heavy (non-hydrogen) atoms. The van der Waals surface area contributed by atoms with Crippen molar-refractivity contribution in [2.75, 3.05) is 4.90 Å². The molecule has 8 nitrogen and oxygen atoms in total. The number of nitrogens with zero attached hydrogens (tertiary/aromatic N) is 3. The first kappa shape index (κ1) is 20.0. The molecule has 0 spiro atoms. The van der Waals surface area contributed by atoms with Gasteiger partial charge < -0.3 is 0 Å². The number of anilines is 1. The summed E-state index contributed by atoms with van der Waals surface area (Å²) in [5.74, 6) is -2.70. The fourth-order valence-electron chi connectivity index (χ4n) is 4.18. The van der Waals surface area contributed by atoms with Crippen LogP contribution in [0.5, 0.6) is 0 Å². The van der Waals surface area contributed by atoms with E-state index in [1.165, 1.54) is 34.4 Å². The van der Waals surface area contributed by atoms with Gasteiger partial charge in [-0.05, 0) is 42.1 Å². The molecule has 0 aliphatic carbocycles. The standard InChI is InChI=1S/C22H14FN3O5S/c1-11-7-8-12(10-14(11)23)24-18(16-6-3-9-32-16)19(22(24)29)25-20(27)13-4-2-5-15(26(30)31)17(13)21(25)28/h2-10,18-19H,1H3/t18-,19+/m0/s1. The second-order valence-corrected chi connectivity index (χ2v) is 8.46. The van der Waals surface area contributed by atoms with Gasteiger partial charge in [0.15, 0.2) is 0 Å². The Hall–Kier alpha value is -3.92. The molecule has 2 atom stereocenters. The third kappa shape index (κ3) is 2.69. The molecule has 3 aromatic rings. The molecule has 0 radical (unpaired) electrons. The Labute approximate surface area is 184 Å². The van der Waals surface area contributed by atoms with Crippen molar-refractivity contribution in [3.05, 3.63) is 91.4 Å². The van der Waals surface area contributed by atoms with Crippen LogP contribution in [0.3, 0.4) is 0 Å². The van der Waals surface area contributed by atoms with Gasteiger partial charge in [0.1, 0.15) is 23.5 Å². The summed E-state index contributed by atoms with van der Waals surface area (Å²) in [5.41, 5.74) is -0.198. The van der Waals surface area contributed by atoms with E-state index in [1.54, 1.807) is 36.6 Å². The quantitative estimate of drug-likeness (QED) is 0.260. The first-order chi connectivity index (χ1) is 15.3. The average Bonchev–Trinajstić information content (AvgIpc) is 3.37. The van der Waals surface area contributed by atoms with Crippen molar-refractivity contribution in [3.63, 3.8) is 0 Å². The van der Waals surface area contributed by atoms with Crippen LogP contribution in [0.4, 0.5) is 15.8 Å². The Balaban J connectivity index is 1.59. The maximum Gasteiger partial charge on any atom is 0.282 e. The molecule has 3 amide bonds. The minimum atomic E-state index is -1.19. The van der Waals surface area contributed by atoms with Gasteiger partial charge in [-0.1, -0.05) is 18.2 Å². The fraction of sp³-hybridized carbons (Fsp3) is 0.136. The maximum atomic E-state index is 14.2. The van der Waals surface area contributed by atoms with Crippen molar-refractivity contribution >= 4 is 40.4 Å². The minimum absolute atomic E-state index is 0.109. The highest BCUT2D eigenvalue weighted by Crippen LogP contribution is 2.46. The van der Waals surface area contributed by atoms with Crippen molar-refractivity contribution in [3.8, 4) is 0 Å². The van der Waals surface area contributed by atoms with Crippen LogP contribution in [0, 0.1) is 22.9 Å². The number of nitro groups is 1. The lowest BCUT2D eigenvalue weighted by Crippen LogP contribution is -2.67. The number of rotatable bonds is 4. The number of fused-ring (bicyclic) bond motifs is 1. The molecule has 3 heterocycles. The number of benzene rings is 2. The van der Waals surface area contributed by atoms with E-state index in [1.807, 2.05) is 0 Å². The molecule has 0 saturated carbocycles. The number of hydrogen-bond acceptors (Lipinski definition) is 6. The normalized spacial score (nSPS) is 19.9. The van der Waals surface area contributed by atoms with E-state index in [0.717, 1.165) is 11.0 Å². The Morgan fingerprint density at radius 2 is 1.78 bits per heavy atom. The summed E-state index contributed by atoms with van der Waals surface area (Å²) >= 11 is 1.33. The van der Waals surface area contributed by atoms with Gasteiger partial charge >= 0.3 is 0 Å². The molecule has 2 aliphatic heterocycles. The van der Waals surface area contributed by atoms with E-state index in [9.17, 15) is 28.9 Å². The third-order valence-electron chi connectivity index (χ3n) is 5.74. The van der Waals surface area contributed by atoms with Crippen molar-refractivity contribution in [1.82, 2.24) is 4.90 Å². The van der Waals surface area contributed by atoms with Crippen molar-refractivity contribution in [2.45, 2.75) is 19.0 Å². The van der Waals surface area contributed by atoms with Crippen molar-refractivity contribution < 1.29 is 23.7 Å². The topological polar surface area (TPSA) is 101 Å². The predicted molar refractivity (Wildman–Crippen MR) is 113 cm³/mol. The number of carbonyl (C=O) groups excluding carboxylic acids is 3. The van der Waals surface area contributed by atoms with Crippen LogP contribution in [0.2, 0.25) is 0 Å². The lowest BCUT2D eigenvalue weighted by molar-refractivity contribution is -0.385. The first-order valence-electron chi connectivity index (χ1n) is 9.59. The highest BCUT2D eigenvalue weighted by molar-refractivity contribution is 7.10. The van der Waals surface area contributed by atoms with Crippen molar-refractivity contribution in [2.24, 2.45) is 0 Å². The summed E-state index contributed by atoms with van der Waals surface area (Å²) in [5, 5.41) is 13.2. The lowest BCUT2D eigenvalue weighted by Gasteiger charge is -2.49. The predicted octanol–water partition coefficient (Wildman–Crippen LogP) is 3.86. The molecule has 2 aliphatic rings. The average molecular weight is 451 g/mol. The van der Waals surface area contributed by atoms with E-state index in [-0.39, 0.29) is 11.1 Å². The van der Waals surface area contributed by atoms with Crippen LogP contribution >= 0.6 is 11.3 Å². The first-order valence-corrected chi connectivity index (χ1v) is 10.5. The molecule has 1 fully saturated rings. The number of hydrogen-bond donors (Lipinski definition) is 0. The molecular formula is C22H14FN3O5S. The van der Waals surface area contributed by atoms with Gasteiger partial charge in [0.05, 0.1) is 10.5 Å². The number of thiophene rings is 1. The zero-order valence-electron chi connectivity index (χ0n) is 16.5. The van der Waals surface area contributed by atoms with Crippen LogP contribution in [0.1, 0.15) is 37.2 Å². The van der Waals surface area contributed by atoms with Crippen LogP contribution in [0.15, 0.2) is 53.9 Å². The van der Waals surface area contributed by atoms with E-state index in [2.05, 4.69) is 0 Å². The largest absolute Gasteiger partial charge is 0.299 e. The second kappa shape index (κ2) is 7.06. The van der Waals surface area contributed by atoms with Gasteiger partial charge in [0.2, 0.25) is 0 Å². The molecule has 160 valence electrons. The Morgan fingerprint density at radius 1 is 1.00 bits per heavy atom. The van der Waals surface area contributed by atoms with E-state index in [4.69, 9.17) is 0 Å². The zero-order chi connectivity index (χ0) is 22.7. The van der Waals surface area contributed by atoms with E-state index >= 15 is 0 Å². The molecule has 10 heteroatoms. The number of amides is 3. The van der Waals surface area contributed by atoms with E-state index in [0.29, 0.717) is 16.1 Å². The smallest absolute Gasteiger partial charge is 0.282 e. The Bertz CT molecular complexity index is 1320. The van der Waals surface area contributed by atoms with Crippen LogP contribution in [-0.4, -0.2) is 33.6 Å². The Kier molecular flexibility index (Phi) is 4.41. The van der Waals surface area contributed by atoms with Crippen LogP contribution in [-0.2, 0) is 4.79 Å². The number of carbonyl (C=O) groups is 3. The maximum absolute atomic E-state index is 14.2. The zero-order valence-corrected chi connectivity index (χ0v) is 17.3. The monoisotopic (exact) mass is 451 g/mol. The van der Waals surface area contributed by atoms with Gasteiger partial charge in [0.25, 0.3) is 23.4 Å². The minimum Gasteiger partial charge on any atom is -0.299 e. The number of imide groups is 1. The molecule has 5 rings (SSSR count). The molecule has 0 bridgehead atoms. The number of halogens is 1. The summed E-state index contributed by atoms with van der Waals surface area (Å²) in [7, 11) is 0. The number of nitro benzene ring substituents is 1. The molecule has 0 N–H and O–H groups in total.